The Morgan fingerprint density at radius 1 is 1.62 bits per heavy atom. The van der Waals surface area contributed by atoms with Crippen LogP contribution in [0.3, 0.4) is 0 Å². The number of H-pyrrole nitrogens is 1. The summed E-state index contributed by atoms with van der Waals surface area (Å²) >= 11 is 0. The van der Waals surface area contributed by atoms with Gasteiger partial charge in [-0.05, 0) is 25.8 Å². The van der Waals surface area contributed by atoms with Crippen molar-refractivity contribution in [1.29, 1.82) is 0 Å². The number of piperidine rings is 1. The molecule has 0 aliphatic carbocycles. The first-order chi connectivity index (χ1) is 10.0. The predicted octanol–water partition coefficient (Wildman–Crippen LogP) is 0.0192. The van der Waals surface area contributed by atoms with E-state index in [1.165, 1.54) is 4.31 Å². The van der Waals surface area contributed by atoms with Crippen molar-refractivity contribution in [3.05, 3.63) is 18.0 Å². The second-order valence-corrected chi connectivity index (χ2v) is 6.61. The van der Waals surface area contributed by atoms with Gasteiger partial charge in [-0.2, -0.15) is 22.5 Å². The van der Waals surface area contributed by atoms with E-state index in [9.17, 15) is 13.2 Å². The van der Waals surface area contributed by atoms with E-state index in [1.807, 2.05) is 0 Å². The van der Waals surface area contributed by atoms with Crippen LogP contribution >= 0.6 is 0 Å². The van der Waals surface area contributed by atoms with Crippen LogP contribution in [0.1, 0.15) is 25.5 Å². The van der Waals surface area contributed by atoms with E-state index in [2.05, 4.69) is 14.9 Å². The van der Waals surface area contributed by atoms with Gasteiger partial charge < -0.3 is 4.74 Å². The van der Waals surface area contributed by atoms with E-state index in [-0.39, 0.29) is 25.0 Å². The Bertz CT molecular complexity index is 558. The number of esters is 1. The highest BCUT2D eigenvalue weighted by atomic mass is 32.2. The molecule has 1 atom stereocenters. The van der Waals surface area contributed by atoms with Crippen molar-refractivity contribution in [2.45, 2.75) is 26.3 Å². The smallest absolute Gasteiger partial charge is 0.310 e. The number of rotatable bonds is 6. The highest BCUT2D eigenvalue weighted by molar-refractivity contribution is 7.87. The average Bonchev–Trinajstić information content (AvgIpc) is 2.99. The number of aromatic amines is 1. The molecule has 1 fully saturated rings. The van der Waals surface area contributed by atoms with Crippen LogP contribution < -0.4 is 4.72 Å². The zero-order valence-electron chi connectivity index (χ0n) is 11.9. The number of hydrogen-bond donors (Lipinski definition) is 2. The van der Waals surface area contributed by atoms with Gasteiger partial charge in [0.15, 0.2) is 0 Å². The standard InChI is InChI=1S/C12H20N4O4S/c1-2-20-12(17)10-4-3-7-16(9-10)21(18,19)14-8-11-5-6-13-15-11/h5-6,10,14H,2-4,7-9H2,1H3,(H,13,15). The lowest BCUT2D eigenvalue weighted by Crippen LogP contribution is -2.47. The first-order valence-electron chi connectivity index (χ1n) is 6.92. The number of carbonyl (C=O) groups is 1. The molecule has 1 aromatic rings. The molecule has 1 aliphatic heterocycles. The summed E-state index contributed by atoms with van der Waals surface area (Å²) in [6.45, 7) is 2.76. The van der Waals surface area contributed by atoms with Crippen molar-refractivity contribution in [3.8, 4) is 0 Å². The second kappa shape index (κ2) is 7.01. The molecule has 0 spiro atoms. The van der Waals surface area contributed by atoms with Crippen molar-refractivity contribution < 1.29 is 17.9 Å². The maximum Gasteiger partial charge on any atom is 0.310 e. The molecule has 9 heteroatoms. The van der Waals surface area contributed by atoms with Crippen molar-refractivity contribution in [3.63, 3.8) is 0 Å². The lowest BCUT2D eigenvalue weighted by atomic mass is 10.0. The summed E-state index contributed by atoms with van der Waals surface area (Å²) in [4.78, 5) is 11.7. The fraction of sp³-hybridized carbons (Fsp3) is 0.667. The second-order valence-electron chi connectivity index (χ2n) is 4.86. The fourth-order valence-corrected chi connectivity index (χ4v) is 3.52. The van der Waals surface area contributed by atoms with Gasteiger partial charge in [0.1, 0.15) is 0 Å². The highest BCUT2D eigenvalue weighted by Crippen LogP contribution is 2.20. The van der Waals surface area contributed by atoms with Gasteiger partial charge in [0, 0.05) is 19.3 Å². The SMILES string of the molecule is CCOC(=O)C1CCCN(S(=O)(=O)NCc2ccn[nH]2)C1. The third kappa shape index (κ3) is 4.26. The van der Waals surface area contributed by atoms with Crippen molar-refractivity contribution in [2.24, 2.45) is 5.92 Å². The Hall–Kier alpha value is -1.45. The van der Waals surface area contributed by atoms with Crippen molar-refractivity contribution >= 4 is 16.2 Å². The van der Waals surface area contributed by atoms with Crippen LogP contribution in [0, 0.1) is 5.92 Å². The Balaban J connectivity index is 1.94. The summed E-state index contributed by atoms with van der Waals surface area (Å²) in [6, 6.07) is 1.69. The van der Waals surface area contributed by atoms with E-state index in [1.54, 1.807) is 19.2 Å². The molecule has 2 rings (SSSR count). The van der Waals surface area contributed by atoms with Crippen LogP contribution in [0.4, 0.5) is 0 Å². The average molecular weight is 316 g/mol. The fourth-order valence-electron chi connectivity index (χ4n) is 2.26. The molecule has 0 bridgehead atoms. The molecule has 0 saturated carbocycles. The Morgan fingerprint density at radius 2 is 2.43 bits per heavy atom. The van der Waals surface area contributed by atoms with Gasteiger partial charge in [-0.3, -0.25) is 9.89 Å². The van der Waals surface area contributed by atoms with E-state index in [0.717, 1.165) is 0 Å². The minimum atomic E-state index is -3.61. The summed E-state index contributed by atoms with van der Waals surface area (Å²) in [5, 5.41) is 6.44. The molecule has 2 N–H and O–H groups in total. The number of hydrogen-bond acceptors (Lipinski definition) is 5. The molecular formula is C12H20N4O4S. The van der Waals surface area contributed by atoms with E-state index in [4.69, 9.17) is 4.74 Å². The lowest BCUT2D eigenvalue weighted by molar-refractivity contribution is -0.149. The van der Waals surface area contributed by atoms with Crippen LogP contribution in [-0.4, -0.2) is 48.6 Å². The van der Waals surface area contributed by atoms with Gasteiger partial charge >= 0.3 is 5.97 Å². The number of nitrogens with one attached hydrogen (secondary N) is 2. The number of aromatic nitrogens is 2. The topological polar surface area (TPSA) is 104 Å². The first-order valence-corrected chi connectivity index (χ1v) is 8.36. The molecule has 1 saturated heterocycles. The van der Waals surface area contributed by atoms with Gasteiger partial charge in [0.25, 0.3) is 10.2 Å². The van der Waals surface area contributed by atoms with Crippen LogP contribution in [0.2, 0.25) is 0 Å². The Kier molecular flexibility index (Phi) is 5.32. The zero-order chi connectivity index (χ0) is 15.3. The van der Waals surface area contributed by atoms with Crippen molar-refractivity contribution in [2.75, 3.05) is 19.7 Å². The maximum atomic E-state index is 12.2. The molecule has 8 nitrogen and oxygen atoms in total. The molecule has 1 unspecified atom stereocenters. The van der Waals surface area contributed by atoms with E-state index >= 15 is 0 Å². The Morgan fingerprint density at radius 3 is 3.10 bits per heavy atom. The molecular weight excluding hydrogens is 296 g/mol. The lowest BCUT2D eigenvalue weighted by Gasteiger charge is -2.30. The number of ether oxygens (including phenoxy) is 1. The quantitative estimate of drug-likeness (QED) is 0.720. The third-order valence-corrected chi connectivity index (χ3v) is 4.87. The summed E-state index contributed by atoms with van der Waals surface area (Å²) < 4.78 is 33.2. The summed E-state index contributed by atoms with van der Waals surface area (Å²) in [6.07, 6.45) is 2.86. The summed E-state index contributed by atoms with van der Waals surface area (Å²) in [5.74, 6) is -0.714. The third-order valence-electron chi connectivity index (χ3n) is 3.35. The molecule has 118 valence electrons. The summed E-state index contributed by atoms with van der Waals surface area (Å²) in [5.41, 5.74) is 0.678. The van der Waals surface area contributed by atoms with Gasteiger partial charge in [-0.15, -0.1) is 0 Å². The predicted molar refractivity (Wildman–Crippen MR) is 75.3 cm³/mol. The molecule has 0 aromatic carbocycles. The van der Waals surface area contributed by atoms with Gasteiger partial charge in [0.05, 0.1) is 24.8 Å². The first kappa shape index (κ1) is 15.9. The van der Waals surface area contributed by atoms with Gasteiger partial charge in [-0.25, -0.2) is 0 Å². The van der Waals surface area contributed by atoms with E-state index in [0.29, 0.717) is 31.7 Å². The van der Waals surface area contributed by atoms with Crippen molar-refractivity contribution in [1.82, 2.24) is 19.2 Å². The van der Waals surface area contributed by atoms with Gasteiger partial charge in [0.2, 0.25) is 0 Å². The van der Waals surface area contributed by atoms with E-state index < -0.39 is 10.2 Å². The van der Waals surface area contributed by atoms with Crippen LogP contribution in [0.5, 0.6) is 0 Å². The molecule has 1 aromatic heterocycles. The van der Waals surface area contributed by atoms with Gasteiger partial charge in [-0.1, -0.05) is 0 Å². The number of carbonyl (C=O) groups excluding carboxylic acids is 1. The largest absolute Gasteiger partial charge is 0.466 e. The maximum absolute atomic E-state index is 12.2. The zero-order valence-corrected chi connectivity index (χ0v) is 12.7. The molecule has 21 heavy (non-hydrogen) atoms. The molecule has 2 heterocycles. The molecule has 0 radical (unpaired) electrons. The van der Waals surface area contributed by atoms with Crippen LogP contribution in [0.15, 0.2) is 12.3 Å². The Labute approximate surface area is 124 Å². The van der Waals surface area contributed by atoms with Crippen LogP contribution in [-0.2, 0) is 26.3 Å². The minimum absolute atomic E-state index is 0.142. The molecule has 1 aliphatic rings. The monoisotopic (exact) mass is 316 g/mol. The molecule has 0 amide bonds. The highest BCUT2D eigenvalue weighted by Gasteiger charge is 2.32. The van der Waals surface area contributed by atoms with Crippen LogP contribution in [0.25, 0.3) is 0 Å². The number of nitrogens with zero attached hydrogens (tertiary/aromatic N) is 2. The summed E-state index contributed by atoms with van der Waals surface area (Å²) in [7, 11) is -3.61. The minimum Gasteiger partial charge on any atom is -0.466 e. The normalized spacial score (nSPS) is 20.3.